The van der Waals surface area contributed by atoms with Crippen LogP contribution in [0.25, 0.3) is 0 Å². The molecular formula is C4H10O2Sn. The summed E-state index contributed by atoms with van der Waals surface area (Å²) in [5.41, 5.74) is -0.178. The fourth-order valence-corrected chi connectivity index (χ4v) is 0.968. The van der Waals surface area contributed by atoms with Gasteiger partial charge in [-0.1, -0.05) is 0 Å². The van der Waals surface area contributed by atoms with E-state index in [1.165, 1.54) is 0 Å². The molecule has 0 saturated heterocycles. The number of hydrogen-bond donors (Lipinski definition) is 0. The van der Waals surface area contributed by atoms with Crippen LogP contribution in [0.3, 0.4) is 0 Å². The summed E-state index contributed by atoms with van der Waals surface area (Å²) in [6.07, 6.45) is 0. The Labute approximate surface area is 54.4 Å². The van der Waals surface area contributed by atoms with Gasteiger partial charge in [0.1, 0.15) is 0 Å². The van der Waals surface area contributed by atoms with Crippen molar-refractivity contribution in [2.75, 3.05) is 0 Å². The van der Waals surface area contributed by atoms with Crippen molar-refractivity contribution in [2.45, 2.75) is 26.4 Å². The van der Waals surface area contributed by atoms with E-state index < -0.39 is 21.5 Å². The molecule has 0 rings (SSSR count). The molecule has 0 aromatic rings. The zero-order chi connectivity index (χ0) is 5.91. The summed E-state index contributed by atoms with van der Waals surface area (Å²) in [6, 6.07) is 0. The number of rotatable bonds is 1. The Morgan fingerprint density at radius 2 is 1.86 bits per heavy atom. The Kier molecular flexibility index (Phi) is 2.99. The molecule has 0 aliphatic heterocycles. The van der Waals surface area contributed by atoms with Gasteiger partial charge < -0.3 is 0 Å². The zero-order valence-electron chi connectivity index (χ0n) is 4.89. The fourth-order valence-electron chi connectivity index (χ4n) is 0.144. The third kappa shape index (κ3) is 6.56. The molecule has 0 fully saturated rings. The van der Waals surface area contributed by atoms with Crippen molar-refractivity contribution >= 4 is 21.5 Å². The van der Waals surface area contributed by atoms with Crippen LogP contribution in [-0.4, -0.2) is 27.1 Å². The first kappa shape index (κ1) is 7.56. The van der Waals surface area contributed by atoms with Crippen molar-refractivity contribution in [1.29, 1.82) is 0 Å². The van der Waals surface area contributed by atoms with Crippen LogP contribution >= 0.6 is 0 Å². The summed E-state index contributed by atoms with van der Waals surface area (Å²) in [7, 11) is 0. The molecule has 2 nitrogen and oxygen atoms in total. The number of hydrogen-bond acceptors (Lipinski definition) is 2. The van der Waals surface area contributed by atoms with Gasteiger partial charge in [0.2, 0.25) is 0 Å². The second-order valence-corrected chi connectivity index (χ2v) is 3.55. The van der Waals surface area contributed by atoms with Gasteiger partial charge in [-0.2, -0.15) is 0 Å². The Morgan fingerprint density at radius 3 is 1.86 bits per heavy atom. The molecule has 42 valence electrons. The van der Waals surface area contributed by atoms with Crippen LogP contribution in [0, 0.1) is 0 Å². The summed E-state index contributed by atoms with van der Waals surface area (Å²) in [5.74, 6) is 0. The molecule has 0 aliphatic rings. The van der Waals surface area contributed by atoms with Crippen LogP contribution in [0.5, 0.6) is 0 Å². The normalized spacial score (nSPS) is 11.3. The average Bonchev–Trinajstić information content (AvgIpc) is 1.30. The van der Waals surface area contributed by atoms with Gasteiger partial charge in [0.15, 0.2) is 0 Å². The monoisotopic (exact) mass is 210 g/mol. The maximum absolute atomic E-state index is 9.91. The minimum absolute atomic E-state index is 0.178. The van der Waals surface area contributed by atoms with Crippen LogP contribution in [0.1, 0.15) is 20.8 Å². The van der Waals surface area contributed by atoms with Gasteiger partial charge in [0.05, 0.1) is 0 Å². The summed E-state index contributed by atoms with van der Waals surface area (Å²) >= 11 is -1.81. The Bertz CT molecular complexity index is 64.6. The minimum atomic E-state index is -1.81. The van der Waals surface area contributed by atoms with E-state index in [0.29, 0.717) is 0 Å². The van der Waals surface area contributed by atoms with Crippen LogP contribution < -0.4 is 0 Å². The van der Waals surface area contributed by atoms with E-state index in [0.717, 1.165) is 0 Å². The third-order valence-electron chi connectivity index (χ3n) is 0.402. The topological polar surface area (TPSA) is 26.3 Å². The van der Waals surface area contributed by atoms with Crippen LogP contribution in [0.2, 0.25) is 0 Å². The molecule has 0 aromatic carbocycles. The van der Waals surface area contributed by atoms with Crippen molar-refractivity contribution in [1.82, 2.24) is 0 Å². The maximum atomic E-state index is 9.91. The van der Waals surface area contributed by atoms with Crippen LogP contribution in [0.4, 0.5) is 0 Å². The predicted octanol–water partition coefficient (Wildman–Crippen LogP) is 0.498. The first-order valence-corrected chi connectivity index (χ1v) is 4.87. The van der Waals surface area contributed by atoms with Gasteiger partial charge >= 0.3 is 54.1 Å². The molecule has 0 aromatic heterocycles. The van der Waals surface area contributed by atoms with Crippen molar-refractivity contribution in [2.24, 2.45) is 0 Å². The van der Waals surface area contributed by atoms with E-state index in [1.807, 2.05) is 20.8 Å². The van der Waals surface area contributed by atoms with E-state index in [-0.39, 0.29) is 5.60 Å². The molecule has 0 bridgehead atoms. The Balaban J connectivity index is 3.34. The first-order valence-electron chi connectivity index (χ1n) is 2.18. The molecule has 0 N–H and O–H groups in total. The van der Waals surface area contributed by atoms with Crippen molar-refractivity contribution in [3.8, 4) is 0 Å². The molecule has 0 aliphatic carbocycles. The summed E-state index contributed by atoms with van der Waals surface area (Å²) in [4.78, 5) is 0. The fraction of sp³-hybridized carbons (Fsp3) is 1.00. The molecule has 7 heavy (non-hydrogen) atoms. The van der Waals surface area contributed by atoms with Crippen LogP contribution in [0.15, 0.2) is 0 Å². The second kappa shape index (κ2) is 2.77. The SMILES string of the molecule is CC(C)(C)[O][SnH]=[O]. The molecular weight excluding hydrogens is 199 g/mol. The van der Waals surface area contributed by atoms with Gasteiger partial charge in [-0.15, -0.1) is 0 Å². The van der Waals surface area contributed by atoms with E-state index in [1.54, 1.807) is 0 Å². The standard InChI is InChI=1S/C4H9O.O.Sn.H/c1-4(2,3)5;;;/h1-3H3;;;/q-1;;+1;. The van der Waals surface area contributed by atoms with E-state index in [9.17, 15) is 3.08 Å². The first-order chi connectivity index (χ1) is 3.06. The molecule has 0 heterocycles. The van der Waals surface area contributed by atoms with E-state index in [4.69, 9.17) is 3.07 Å². The van der Waals surface area contributed by atoms with Crippen molar-refractivity contribution in [3.05, 3.63) is 0 Å². The van der Waals surface area contributed by atoms with E-state index in [2.05, 4.69) is 0 Å². The summed E-state index contributed by atoms with van der Waals surface area (Å²) < 4.78 is 14.8. The molecule has 0 unspecified atom stereocenters. The van der Waals surface area contributed by atoms with E-state index >= 15 is 0 Å². The van der Waals surface area contributed by atoms with Gasteiger partial charge in [-0.3, -0.25) is 0 Å². The summed E-state index contributed by atoms with van der Waals surface area (Å²) in [5, 5.41) is 0. The molecule has 0 spiro atoms. The third-order valence-corrected chi connectivity index (χ3v) is 2.69. The summed E-state index contributed by atoms with van der Waals surface area (Å²) in [6.45, 7) is 5.70. The van der Waals surface area contributed by atoms with Crippen molar-refractivity contribution in [3.63, 3.8) is 0 Å². The van der Waals surface area contributed by atoms with Gasteiger partial charge in [0, 0.05) is 0 Å². The van der Waals surface area contributed by atoms with Crippen LogP contribution in [-0.2, 0) is 6.15 Å². The molecule has 3 heteroatoms. The second-order valence-electron chi connectivity index (χ2n) is 2.33. The van der Waals surface area contributed by atoms with Gasteiger partial charge in [-0.25, -0.2) is 0 Å². The van der Waals surface area contributed by atoms with Crippen molar-refractivity contribution < 1.29 is 6.15 Å². The molecule has 0 amide bonds. The zero-order valence-corrected chi connectivity index (χ0v) is 8.19. The molecule has 0 radical (unpaired) electrons. The Morgan fingerprint density at radius 1 is 1.43 bits per heavy atom. The quantitative estimate of drug-likeness (QED) is 0.587. The molecule has 0 saturated carbocycles. The molecule has 0 atom stereocenters. The van der Waals surface area contributed by atoms with Gasteiger partial charge in [0.25, 0.3) is 0 Å². The average molecular weight is 209 g/mol. The Hall–Kier alpha value is 0.559. The van der Waals surface area contributed by atoms with Gasteiger partial charge in [-0.05, 0) is 0 Å². The predicted molar refractivity (Wildman–Crippen MR) is 28.7 cm³/mol.